The van der Waals surface area contributed by atoms with Crippen molar-refractivity contribution in [1.82, 2.24) is 9.97 Å². The van der Waals surface area contributed by atoms with E-state index in [2.05, 4.69) is 34.6 Å². The molecule has 0 aliphatic rings. The van der Waals surface area contributed by atoms with Gasteiger partial charge in [-0.3, -0.25) is 9.97 Å². The van der Waals surface area contributed by atoms with Gasteiger partial charge in [0, 0.05) is 18.8 Å². The number of hydrogen-bond donors (Lipinski definition) is 0. The summed E-state index contributed by atoms with van der Waals surface area (Å²) < 4.78 is 0. The van der Waals surface area contributed by atoms with Gasteiger partial charge in [-0.25, -0.2) is 0 Å². The van der Waals surface area contributed by atoms with Crippen LogP contribution < -0.4 is 0 Å². The van der Waals surface area contributed by atoms with E-state index in [1.807, 2.05) is 31.3 Å². The zero-order valence-electron chi connectivity index (χ0n) is 9.74. The quantitative estimate of drug-likeness (QED) is 0.705. The molecule has 0 saturated carbocycles. The molecule has 2 aromatic heterocycles. The average Bonchev–Trinajstić information content (AvgIpc) is 2.32. The van der Waals surface area contributed by atoms with Crippen LogP contribution in [0.5, 0.6) is 0 Å². The topological polar surface area (TPSA) is 25.8 Å². The van der Waals surface area contributed by atoms with Crippen LogP contribution in [0.25, 0.3) is 11.4 Å². The van der Waals surface area contributed by atoms with Crippen LogP contribution >= 0.6 is 11.6 Å². The summed E-state index contributed by atoms with van der Waals surface area (Å²) in [5.74, 6) is 0. The van der Waals surface area contributed by atoms with Crippen LogP contribution in [0, 0.1) is 13.8 Å². The van der Waals surface area contributed by atoms with Crippen LogP contribution in [0.15, 0.2) is 36.7 Å². The molecule has 0 aliphatic carbocycles. The zero-order chi connectivity index (χ0) is 12.0. The summed E-state index contributed by atoms with van der Waals surface area (Å²) >= 11 is 4.64. The second-order valence-corrected chi connectivity index (χ2v) is 3.39. The summed E-state index contributed by atoms with van der Waals surface area (Å²) in [7, 11) is 0. The lowest BCUT2D eigenvalue weighted by atomic mass is 10.1. The normalized spacial score (nSPS) is 9.25. The van der Waals surface area contributed by atoms with Crippen LogP contribution in [0.3, 0.4) is 0 Å². The summed E-state index contributed by atoms with van der Waals surface area (Å²) in [4.78, 5) is 8.64. The molecule has 0 bridgehead atoms. The molecule has 2 aromatic rings. The Morgan fingerprint density at radius 2 is 1.75 bits per heavy atom. The number of hydrogen-bond acceptors (Lipinski definition) is 2. The average molecular weight is 235 g/mol. The van der Waals surface area contributed by atoms with E-state index in [1.54, 1.807) is 6.20 Å². The molecule has 0 N–H and O–H groups in total. The van der Waals surface area contributed by atoms with Crippen molar-refractivity contribution in [2.24, 2.45) is 0 Å². The Morgan fingerprint density at radius 3 is 2.38 bits per heavy atom. The number of halogens is 1. The predicted molar refractivity (Wildman–Crippen MR) is 68.7 cm³/mol. The molecule has 0 spiro atoms. The fourth-order valence-corrected chi connectivity index (χ4v) is 1.42. The Kier molecular flexibility index (Phi) is 4.93. The number of alkyl halides is 1. The SMILES string of the molecule is CCl.Cc1ccnc(-c2ncccc2C)c1. The van der Waals surface area contributed by atoms with Crippen molar-refractivity contribution in [1.29, 1.82) is 0 Å². The second-order valence-electron chi connectivity index (χ2n) is 3.39. The van der Waals surface area contributed by atoms with Crippen LogP contribution in [0.4, 0.5) is 0 Å². The van der Waals surface area contributed by atoms with E-state index in [-0.39, 0.29) is 0 Å². The van der Waals surface area contributed by atoms with E-state index in [0.29, 0.717) is 0 Å². The molecule has 0 saturated heterocycles. The van der Waals surface area contributed by atoms with E-state index < -0.39 is 0 Å². The molecule has 0 atom stereocenters. The fourth-order valence-electron chi connectivity index (χ4n) is 1.42. The maximum absolute atomic E-state index is 4.64. The smallest absolute Gasteiger partial charge is 0.0915 e. The number of rotatable bonds is 1. The van der Waals surface area contributed by atoms with E-state index in [9.17, 15) is 0 Å². The third-order valence-corrected chi connectivity index (χ3v) is 2.17. The van der Waals surface area contributed by atoms with Gasteiger partial charge >= 0.3 is 0 Å². The Balaban J connectivity index is 0.000000606. The van der Waals surface area contributed by atoms with Gasteiger partial charge in [-0.15, -0.1) is 11.6 Å². The summed E-state index contributed by atoms with van der Waals surface area (Å²) in [6.45, 7) is 4.11. The van der Waals surface area contributed by atoms with Crippen molar-refractivity contribution in [2.45, 2.75) is 13.8 Å². The number of aryl methyl sites for hydroxylation is 2. The minimum absolute atomic E-state index is 0.947. The van der Waals surface area contributed by atoms with Crippen LogP contribution in [-0.2, 0) is 0 Å². The molecule has 0 radical (unpaired) electrons. The summed E-state index contributed by atoms with van der Waals surface area (Å²) in [5, 5.41) is 0. The standard InChI is InChI=1S/C12H12N2.CH3Cl/c1-9-5-7-13-11(8-9)12-10(2)4-3-6-14-12;1-2/h3-8H,1-2H3;1H3. The molecule has 0 unspecified atom stereocenters. The Labute approximate surface area is 101 Å². The van der Waals surface area contributed by atoms with E-state index >= 15 is 0 Å². The van der Waals surface area contributed by atoms with Gasteiger partial charge in [-0.1, -0.05) is 6.07 Å². The van der Waals surface area contributed by atoms with E-state index in [4.69, 9.17) is 0 Å². The first kappa shape index (κ1) is 12.7. The molecule has 0 aromatic carbocycles. The van der Waals surface area contributed by atoms with Crippen molar-refractivity contribution in [3.63, 3.8) is 0 Å². The minimum Gasteiger partial charge on any atom is -0.255 e. The van der Waals surface area contributed by atoms with Crippen molar-refractivity contribution in [3.8, 4) is 11.4 Å². The molecule has 0 aliphatic heterocycles. The first-order chi connectivity index (χ1) is 7.77. The first-order valence-electron chi connectivity index (χ1n) is 5.00. The lowest BCUT2D eigenvalue weighted by Gasteiger charge is -2.03. The highest BCUT2D eigenvalue weighted by atomic mass is 35.5. The largest absolute Gasteiger partial charge is 0.255 e. The number of nitrogens with zero attached hydrogens (tertiary/aromatic N) is 2. The lowest BCUT2D eigenvalue weighted by molar-refractivity contribution is 1.20. The van der Waals surface area contributed by atoms with Crippen LogP contribution in [0.1, 0.15) is 11.1 Å². The van der Waals surface area contributed by atoms with Crippen LogP contribution in [-0.4, -0.2) is 16.4 Å². The van der Waals surface area contributed by atoms with E-state index in [0.717, 1.165) is 17.0 Å². The molecular formula is C13H15ClN2. The lowest BCUT2D eigenvalue weighted by Crippen LogP contribution is -1.90. The predicted octanol–water partition coefficient (Wildman–Crippen LogP) is 3.62. The van der Waals surface area contributed by atoms with Gasteiger partial charge in [0.2, 0.25) is 0 Å². The Bertz CT molecular complexity index is 455. The maximum Gasteiger partial charge on any atom is 0.0915 e. The third-order valence-electron chi connectivity index (χ3n) is 2.17. The molecule has 84 valence electrons. The van der Waals surface area contributed by atoms with Crippen LogP contribution in [0.2, 0.25) is 0 Å². The first-order valence-corrected chi connectivity index (χ1v) is 5.75. The van der Waals surface area contributed by atoms with Gasteiger partial charge in [-0.2, -0.15) is 0 Å². The molecule has 3 heteroatoms. The van der Waals surface area contributed by atoms with Gasteiger partial charge in [0.15, 0.2) is 0 Å². The molecule has 0 fully saturated rings. The van der Waals surface area contributed by atoms with Crippen molar-refractivity contribution >= 4 is 11.6 Å². The van der Waals surface area contributed by atoms with Gasteiger partial charge in [0.25, 0.3) is 0 Å². The maximum atomic E-state index is 4.64. The van der Waals surface area contributed by atoms with Gasteiger partial charge < -0.3 is 0 Å². The number of aromatic nitrogens is 2. The van der Waals surface area contributed by atoms with E-state index in [1.165, 1.54) is 11.9 Å². The minimum atomic E-state index is 0.947. The zero-order valence-corrected chi connectivity index (χ0v) is 10.5. The highest BCUT2D eigenvalue weighted by Gasteiger charge is 2.03. The Morgan fingerprint density at radius 1 is 1.00 bits per heavy atom. The van der Waals surface area contributed by atoms with Crippen molar-refractivity contribution in [2.75, 3.05) is 6.38 Å². The Hall–Kier alpha value is -1.41. The monoisotopic (exact) mass is 234 g/mol. The molecule has 16 heavy (non-hydrogen) atoms. The molecule has 2 heterocycles. The van der Waals surface area contributed by atoms with Gasteiger partial charge in [0.1, 0.15) is 0 Å². The second kappa shape index (κ2) is 6.23. The summed E-state index contributed by atoms with van der Waals surface area (Å²) in [6.07, 6.45) is 5.09. The molecule has 2 rings (SSSR count). The van der Waals surface area contributed by atoms with Crippen molar-refractivity contribution < 1.29 is 0 Å². The summed E-state index contributed by atoms with van der Waals surface area (Å²) in [5.41, 5.74) is 4.28. The third kappa shape index (κ3) is 3.04. The fraction of sp³-hybridized carbons (Fsp3) is 0.231. The van der Waals surface area contributed by atoms with Crippen molar-refractivity contribution in [3.05, 3.63) is 47.8 Å². The molecule has 2 nitrogen and oxygen atoms in total. The highest BCUT2D eigenvalue weighted by molar-refractivity contribution is 6.15. The molecule has 0 amide bonds. The highest BCUT2D eigenvalue weighted by Crippen LogP contribution is 2.18. The van der Waals surface area contributed by atoms with Gasteiger partial charge in [0.05, 0.1) is 11.4 Å². The molecular weight excluding hydrogens is 220 g/mol. The summed E-state index contributed by atoms with van der Waals surface area (Å²) in [6, 6.07) is 8.03. The van der Waals surface area contributed by atoms with Gasteiger partial charge in [-0.05, 0) is 43.2 Å². The number of pyridine rings is 2.